The lowest BCUT2D eigenvalue weighted by molar-refractivity contribution is -0.146. The highest BCUT2D eigenvalue weighted by atomic mass is 16.5. The van der Waals surface area contributed by atoms with Gasteiger partial charge in [-0.25, -0.2) is 0 Å². The van der Waals surface area contributed by atoms with E-state index in [1.54, 1.807) is 21.3 Å². The van der Waals surface area contributed by atoms with Crippen LogP contribution in [0.1, 0.15) is 75.8 Å². The molecule has 0 saturated heterocycles. The number of ketones is 1. The van der Waals surface area contributed by atoms with Gasteiger partial charge in [0.05, 0.1) is 34.5 Å². The summed E-state index contributed by atoms with van der Waals surface area (Å²) in [7, 11) is 4.78. The zero-order chi connectivity index (χ0) is 29.5. The molecule has 1 heterocycles. The Balaban J connectivity index is 1.77. The Morgan fingerprint density at radius 1 is 0.854 bits per heavy atom. The van der Waals surface area contributed by atoms with Crippen LogP contribution in [0.25, 0.3) is 0 Å². The number of hydrogen-bond acceptors (Lipinski definition) is 8. The normalized spacial score (nSPS) is 20.2. The van der Waals surface area contributed by atoms with E-state index in [0.29, 0.717) is 66.0 Å². The molecule has 2 aromatic carbocycles. The fourth-order valence-electron chi connectivity index (χ4n) is 5.68. The smallest absolute Gasteiger partial charge is 0.315 e. The second-order valence-corrected chi connectivity index (χ2v) is 10.5. The van der Waals surface area contributed by atoms with Crippen LogP contribution < -0.4 is 18.9 Å². The molecule has 0 spiro atoms. The number of hydrogen-bond donors (Lipinski definition) is 0. The minimum atomic E-state index is -0.709. The number of rotatable bonds is 12. The number of benzene rings is 2. The molecule has 3 atom stereocenters. The number of allylic oxidation sites excluding steroid dienone is 2. The van der Waals surface area contributed by atoms with E-state index >= 15 is 0 Å². The maximum absolute atomic E-state index is 14.0. The molecule has 2 aliphatic rings. The summed E-state index contributed by atoms with van der Waals surface area (Å²) < 4.78 is 28.1. The molecule has 0 radical (unpaired) electrons. The van der Waals surface area contributed by atoms with Crippen molar-refractivity contribution in [2.75, 3.05) is 34.5 Å². The second-order valence-electron chi connectivity index (χ2n) is 10.5. The highest BCUT2D eigenvalue weighted by molar-refractivity contribution is 6.09. The van der Waals surface area contributed by atoms with Crippen LogP contribution in [0.5, 0.6) is 23.0 Å². The number of Topliss-reactive ketones (excluding diaryl/α,β-unsaturated/α-hetero) is 1. The molecular weight excluding hydrogens is 522 g/mol. The van der Waals surface area contributed by atoms with E-state index in [1.807, 2.05) is 57.2 Å². The van der Waals surface area contributed by atoms with Crippen LogP contribution in [0.15, 0.2) is 52.7 Å². The number of carbonyl (C=O) groups is 2. The van der Waals surface area contributed by atoms with Crippen LogP contribution in [-0.2, 0) is 14.3 Å². The standard InChI is InChI=1S/C33H41NO7/c1-7-9-15-41-33(36)30-20(3)34-24-16-23(21-10-12-26(37-4)28(18-21)38-5)17-25(35)32(24)31(30)22-11-13-27(40-14-8-2)29(19-22)39-6/h10-13,18-19,23,30-31H,7-9,14-17H2,1-6H3. The van der Waals surface area contributed by atoms with E-state index in [-0.39, 0.29) is 17.7 Å². The molecule has 0 aromatic heterocycles. The SMILES string of the molecule is CCCCOC(=O)C1C(C)=NC2=C(C(=O)CC(c3ccc(OC)c(OC)c3)C2)C1c1ccc(OCCC)c(OC)c1. The molecule has 8 nitrogen and oxygen atoms in total. The number of methoxy groups -OCH3 is 3. The van der Waals surface area contributed by atoms with Crippen LogP contribution >= 0.6 is 0 Å². The van der Waals surface area contributed by atoms with E-state index in [1.165, 1.54) is 0 Å². The minimum Gasteiger partial charge on any atom is -0.493 e. The van der Waals surface area contributed by atoms with E-state index in [4.69, 9.17) is 28.7 Å². The van der Waals surface area contributed by atoms with Crippen LogP contribution in [0.4, 0.5) is 0 Å². The van der Waals surface area contributed by atoms with Gasteiger partial charge < -0.3 is 23.7 Å². The topological polar surface area (TPSA) is 92.7 Å². The fourth-order valence-corrected chi connectivity index (χ4v) is 5.68. The molecule has 0 saturated carbocycles. The number of aliphatic imine (C=N–C) groups is 1. The van der Waals surface area contributed by atoms with E-state index < -0.39 is 11.8 Å². The number of nitrogens with zero attached hydrogens (tertiary/aromatic N) is 1. The lowest BCUT2D eigenvalue weighted by Crippen LogP contribution is -2.38. The zero-order valence-corrected chi connectivity index (χ0v) is 25.0. The first-order chi connectivity index (χ1) is 19.9. The zero-order valence-electron chi connectivity index (χ0n) is 25.0. The molecule has 220 valence electrons. The van der Waals surface area contributed by atoms with Gasteiger partial charge in [0.1, 0.15) is 5.92 Å². The van der Waals surface area contributed by atoms with Gasteiger partial charge in [-0.15, -0.1) is 0 Å². The maximum atomic E-state index is 14.0. The van der Waals surface area contributed by atoms with Crippen LogP contribution in [-0.4, -0.2) is 52.0 Å². The lowest BCUT2D eigenvalue weighted by atomic mass is 9.69. The van der Waals surface area contributed by atoms with Crippen molar-refractivity contribution in [1.29, 1.82) is 0 Å². The van der Waals surface area contributed by atoms with Crippen molar-refractivity contribution in [1.82, 2.24) is 0 Å². The first-order valence-electron chi connectivity index (χ1n) is 14.4. The van der Waals surface area contributed by atoms with Gasteiger partial charge in [0.15, 0.2) is 28.8 Å². The van der Waals surface area contributed by atoms with Crippen molar-refractivity contribution in [3.05, 3.63) is 58.8 Å². The Labute approximate surface area is 242 Å². The van der Waals surface area contributed by atoms with Gasteiger partial charge in [-0.3, -0.25) is 14.6 Å². The molecular formula is C33H41NO7. The van der Waals surface area contributed by atoms with Crippen molar-refractivity contribution in [3.8, 4) is 23.0 Å². The predicted molar refractivity (Wildman–Crippen MR) is 158 cm³/mol. The molecule has 1 aliphatic carbocycles. The van der Waals surface area contributed by atoms with E-state index in [0.717, 1.165) is 30.4 Å². The minimum absolute atomic E-state index is 0.0241. The number of ether oxygens (including phenoxy) is 5. The Morgan fingerprint density at radius 2 is 1.51 bits per heavy atom. The monoisotopic (exact) mass is 563 g/mol. The molecule has 8 heteroatoms. The average Bonchev–Trinajstić information content (AvgIpc) is 2.98. The Kier molecular flexibility index (Phi) is 10.1. The van der Waals surface area contributed by atoms with Gasteiger partial charge in [-0.1, -0.05) is 32.4 Å². The van der Waals surface area contributed by atoms with Gasteiger partial charge in [-0.05, 0) is 67.5 Å². The third-order valence-electron chi connectivity index (χ3n) is 7.77. The Morgan fingerprint density at radius 3 is 2.20 bits per heavy atom. The first-order valence-corrected chi connectivity index (χ1v) is 14.4. The van der Waals surface area contributed by atoms with E-state index in [2.05, 4.69) is 0 Å². The Hall–Kier alpha value is -3.81. The first kappa shape index (κ1) is 30.2. The molecule has 0 N–H and O–H groups in total. The summed E-state index contributed by atoms with van der Waals surface area (Å²) in [5, 5.41) is 0. The van der Waals surface area contributed by atoms with Crippen molar-refractivity contribution in [2.24, 2.45) is 10.9 Å². The molecule has 2 aromatic rings. The molecule has 3 unspecified atom stereocenters. The molecule has 41 heavy (non-hydrogen) atoms. The van der Waals surface area contributed by atoms with Crippen molar-refractivity contribution < 1.29 is 33.3 Å². The van der Waals surface area contributed by atoms with Gasteiger partial charge >= 0.3 is 5.97 Å². The van der Waals surface area contributed by atoms with Gasteiger partial charge in [0.2, 0.25) is 0 Å². The van der Waals surface area contributed by atoms with Crippen LogP contribution in [0.3, 0.4) is 0 Å². The van der Waals surface area contributed by atoms with Gasteiger partial charge in [0, 0.05) is 29.3 Å². The van der Waals surface area contributed by atoms with Gasteiger partial charge in [-0.2, -0.15) is 0 Å². The van der Waals surface area contributed by atoms with Crippen molar-refractivity contribution >= 4 is 17.5 Å². The molecule has 1 aliphatic heterocycles. The summed E-state index contributed by atoms with van der Waals surface area (Å²) >= 11 is 0. The van der Waals surface area contributed by atoms with Crippen LogP contribution in [0, 0.1) is 5.92 Å². The summed E-state index contributed by atoms with van der Waals surface area (Å²) in [6.07, 6.45) is 3.41. The molecule has 0 amide bonds. The quantitative estimate of drug-likeness (QED) is 0.217. The maximum Gasteiger partial charge on any atom is 0.315 e. The summed E-state index contributed by atoms with van der Waals surface area (Å²) in [4.78, 5) is 32.4. The van der Waals surface area contributed by atoms with Crippen LogP contribution in [0.2, 0.25) is 0 Å². The number of esters is 1. The summed E-state index contributed by atoms with van der Waals surface area (Å²) in [6, 6.07) is 11.4. The molecule has 0 bridgehead atoms. The van der Waals surface area contributed by atoms with Crippen molar-refractivity contribution in [2.45, 2.75) is 64.7 Å². The third kappa shape index (κ3) is 6.42. The summed E-state index contributed by atoms with van der Waals surface area (Å²) in [5.41, 5.74) is 3.71. The number of carbonyl (C=O) groups excluding carboxylic acids is 2. The molecule has 0 fully saturated rings. The highest BCUT2D eigenvalue weighted by Crippen LogP contribution is 2.48. The van der Waals surface area contributed by atoms with E-state index in [9.17, 15) is 9.59 Å². The Bertz CT molecular complexity index is 1330. The van der Waals surface area contributed by atoms with Gasteiger partial charge in [0.25, 0.3) is 0 Å². The van der Waals surface area contributed by atoms with Crippen molar-refractivity contribution in [3.63, 3.8) is 0 Å². The second kappa shape index (κ2) is 13.7. The third-order valence-corrected chi connectivity index (χ3v) is 7.77. The number of unbranched alkanes of at least 4 members (excludes halogenated alkanes) is 1. The lowest BCUT2D eigenvalue weighted by Gasteiger charge is -2.36. The fraction of sp³-hybridized carbons (Fsp3) is 0.485. The summed E-state index contributed by atoms with van der Waals surface area (Å²) in [5.74, 6) is 0.720. The molecule has 4 rings (SSSR count). The summed E-state index contributed by atoms with van der Waals surface area (Å²) in [6.45, 7) is 6.83. The largest absolute Gasteiger partial charge is 0.493 e. The highest BCUT2D eigenvalue weighted by Gasteiger charge is 2.45. The average molecular weight is 564 g/mol. The predicted octanol–water partition coefficient (Wildman–Crippen LogP) is 6.42.